The van der Waals surface area contributed by atoms with Crippen LogP contribution in [-0.4, -0.2) is 26.6 Å². The minimum Gasteiger partial charge on any atom is -0.507 e. The van der Waals surface area contributed by atoms with Gasteiger partial charge in [-0.1, -0.05) is 41.5 Å². The molecule has 0 fully saturated rings. The van der Waals surface area contributed by atoms with Crippen LogP contribution in [0.3, 0.4) is 0 Å². The minimum absolute atomic E-state index is 0.198. The molecule has 0 aromatic heterocycles. The van der Waals surface area contributed by atoms with Gasteiger partial charge in [0, 0.05) is 6.61 Å². The van der Waals surface area contributed by atoms with E-state index < -0.39 is 7.82 Å². The molecule has 1 rings (SSSR count). The molecule has 140 valence electrons. The molecule has 24 heavy (non-hydrogen) atoms. The van der Waals surface area contributed by atoms with Crippen LogP contribution in [0, 0.1) is 0 Å². The van der Waals surface area contributed by atoms with Gasteiger partial charge in [-0.2, -0.15) is 0 Å². The maximum atomic E-state index is 10.9. The number of hydrogen-bond acceptors (Lipinski definition) is 4. The van der Waals surface area contributed by atoms with Crippen LogP contribution in [0.25, 0.3) is 0 Å². The molecule has 0 aliphatic rings. The van der Waals surface area contributed by atoms with Crippen molar-refractivity contribution in [2.75, 3.05) is 6.61 Å². The highest BCUT2D eigenvalue weighted by Gasteiger charge is 2.27. The van der Waals surface area contributed by atoms with Crippen molar-refractivity contribution >= 4 is 7.82 Å². The number of phosphoric acid groups is 1. The van der Waals surface area contributed by atoms with E-state index in [2.05, 4.69) is 4.52 Å². The second kappa shape index (κ2) is 8.45. The van der Waals surface area contributed by atoms with Gasteiger partial charge in [-0.3, -0.25) is 4.52 Å². The lowest BCUT2D eigenvalue weighted by molar-refractivity contribution is 0.189. The lowest BCUT2D eigenvalue weighted by Crippen LogP contribution is -2.18. The Kier molecular flexibility index (Phi) is 8.13. The third kappa shape index (κ3) is 7.77. The Bertz CT molecular complexity index is 543. The topological polar surface area (TPSA) is 107 Å². The molecular formula is C17H31O6P. The Morgan fingerprint density at radius 2 is 1.33 bits per heavy atom. The van der Waals surface area contributed by atoms with Crippen LogP contribution in [0.1, 0.15) is 65.2 Å². The van der Waals surface area contributed by atoms with Gasteiger partial charge in [0.25, 0.3) is 0 Å². The van der Waals surface area contributed by atoms with E-state index in [1.165, 1.54) is 0 Å². The lowest BCUT2D eigenvalue weighted by atomic mass is 9.78. The molecule has 4 N–H and O–H groups in total. The number of phenolic OH excluding ortho intramolecular Hbond substituents is 1. The molecule has 0 saturated heterocycles. The van der Waals surface area contributed by atoms with Crippen LogP contribution in [-0.2, 0) is 26.5 Å². The van der Waals surface area contributed by atoms with Gasteiger partial charge in [-0.25, -0.2) is 4.57 Å². The smallest absolute Gasteiger partial charge is 0.469 e. The zero-order chi connectivity index (χ0) is 19.3. The third-order valence-corrected chi connectivity index (χ3v) is 3.65. The maximum Gasteiger partial charge on any atom is 0.469 e. The molecule has 0 unspecified atom stereocenters. The summed E-state index contributed by atoms with van der Waals surface area (Å²) in [6.45, 7) is 13.6. The molecule has 0 spiro atoms. The molecule has 0 radical (unpaired) electrons. The average Bonchev–Trinajstić information content (AvgIpc) is 2.34. The van der Waals surface area contributed by atoms with E-state index in [1.54, 1.807) is 19.1 Å². The van der Waals surface area contributed by atoms with Gasteiger partial charge < -0.3 is 20.0 Å². The third-order valence-electron chi connectivity index (χ3n) is 3.19. The quantitative estimate of drug-likeness (QED) is 0.612. The van der Waals surface area contributed by atoms with Gasteiger partial charge >= 0.3 is 7.82 Å². The largest absolute Gasteiger partial charge is 0.507 e. The molecule has 6 nitrogen and oxygen atoms in total. The van der Waals surface area contributed by atoms with Crippen molar-refractivity contribution in [1.82, 2.24) is 0 Å². The fourth-order valence-corrected chi connectivity index (χ4v) is 2.40. The summed E-state index contributed by atoms with van der Waals surface area (Å²) in [7, 11) is -4.52. The van der Waals surface area contributed by atoms with Gasteiger partial charge in [0.1, 0.15) is 5.75 Å². The Morgan fingerprint density at radius 1 is 1.00 bits per heavy atom. The molecular weight excluding hydrogens is 331 g/mol. The SMILES string of the molecule is CC(C)(C)c1cc(COP(=O)(O)O)cc(C(C)(C)C)c1O.CCO. The molecule has 0 amide bonds. The first kappa shape index (κ1) is 23.1. The standard InChI is InChI=1S/C15H25O5P.C2H6O/c1-14(2,3)11-7-10(9-20-21(17,18)19)8-12(13(11)16)15(4,5)6;1-2-3/h7-8,16H,9H2,1-6H3,(H2,17,18,19);3H,2H2,1H3. The zero-order valence-corrected chi connectivity index (χ0v) is 16.5. The molecule has 1 aromatic rings. The van der Waals surface area contributed by atoms with E-state index in [0.717, 1.165) is 11.1 Å². The molecule has 0 aliphatic carbocycles. The van der Waals surface area contributed by atoms with Crippen LogP contribution in [0.15, 0.2) is 12.1 Å². The first-order valence-corrected chi connectivity index (χ1v) is 9.34. The van der Waals surface area contributed by atoms with Gasteiger partial charge in [0.15, 0.2) is 0 Å². The fourth-order valence-electron chi connectivity index (χ4n) is 2.08. The van der Waals surface area contributed by atoms with Crippen LogP contribution in [0.5, 0.6) is 5.75 Å². The number of phosphoric ester groups is 1. The first-order chi connectivity index (χ1) is 10.6. The summed E-state index contributed by atoms with van der Waals surface area (Å²) < 4.78 is 15.4. The minimum atomic E-state index is -4.52. The number of aliphatic hydroxyl groups excluding tert-OH is 1. The molecule has 0 saturated carbocycles. The molecule has 0 atom stereocenters. The van der Waals surface area contributed by atoms with Crippen LogP contribution < -0.4 is 0 Å². The van der Waals surface area contributed by atoms with E-state index in [9.17, 15) is 9.67 Å². The first-order valence-electron chi connectivity index (χ1n) is 7.81. The van der Waals surface area contributed by atoms with E-state index in [1.807, 2.05) is 41.5 Å². The summed E-state index contributed by atoms with van der Waals surface area (Å²) in [5, 5.41) is 18.1. The van der Waals surface area contributed by atoms with Gasteiger partial charge in [0.05, 0.1) is 6.61 Å². The molecule has 0 aliphatic heterocycles. The van der Waals surface area contributed by atoms with Crippen molar-refractivity contribution < 1.29 is 29.1 Å². The zero-order valence-electron chi connectivity index (χ0n) is 15.6. The highest BCUT2D eigenvalue weighted by Crippen LogP contribution is 2.41. The van der Waals surface area contributed by atoms with E-state index >= 15 is 0 Å². The highest BCUT2D eigenvalue weighted by atomic mass is 31.2. The van der Waals surface area contributed by atoms with Crippen molar-refractivity contribution in [3.8, 4) is 5.75 Å². The van der Waals surface area contributed by atoms with Crippen molar-refractivity contribution in [1.29, 1.82) is 0 Å². The predicted molar refractivity (Wildman–Crippen MR) is 95.1 cm³/mol. The van der Waals surface area contributed by atoms with E-state index in [0.29, 0.717) is 5.56 Å². The van der Waals surface area contributed by atoms with Crippen LogP contribution >= 0.6 is 7.82 Å². The summed E-state index contributed by atoms with van der Waals surface area (Å²) >= 11 is 0. The fraction of sp³-hybridized carbons (Fsp3) is 0.647. The number of rotatable bonds is 3. The predicted octanol–water partition coefficient (Wildman–Crippen LogP) is 3.60. The monoisotopic (exact) mass is 362 g/mol. The second-order valence-electron chi connectivity index (χ2n) is 7.62. The van der Waals surface area contributed by atoms with Crippen molar-refractivity contribution in [3.63, 3.8) is 0 Å². The normalized spacial score (nSPS) is 12.6. The Morgan fingerprint density at radius 3 is 1.58 bits per heavy atom. The Labute approximate surface area is 144 Å². The summed E-state index contributed by atoms with van der Waals surface area (Å²) in [4.78, 5) is 17.7. The lowest BCUT2D eigenvalue weighted by Gasteiger charge is -2.28. The summed E-state index contributed by atoms with van der Waals surface area (Å²) in [6.07, 6.45) is 0. The Balaban J connectivity index is 0.00000163. The highest BCUT2D eigenvalue weighted by molar-refractivity contribution is 7.46. The summed E-state index contributed by atoms with van der Waals surface area (Å²) in [6, 6.07) is 3.47. The van der Waals surface area contributed by atoms with Crippen LogP contribution in [0.2, 0.25) is 0 Å². The van der Waals surface area contributed by atoms with Gasteiger partial charge in [-0.15, -0.1) is 0 Å². The van der Waals surface area contributed by atoms with E-state index in [-0.39, 0.29) is 29.8 Å². The van der Waals surface area contributed by atoms with Crippen LogP contribution in [0.4, 0.5) is 0 Å². The average molecular weight is 362 g/mol. The number of phenols is 1. The van der Waals surface area contributed by atoms with E-state index in [4.69, 9.17) is 14.9 Å². The van der Waals surface area contributed by atoms with Crippen molar-refractivity contribution in [3.05, 3.63) is 28.8 Å². The van der Waals surface area contributed by atoms with Crippen molar-refractivity contribution in [2.45, 2.75) is 65.9 Å². The summed E-state index contributed by atoms with van der Waals surface area (Å²) in [5.41, 5.74) is 1.52. The number of aliphatic hydroxyl groups is 1. The molecule has 0 bridgehead atoms. The van der Waals surface area contributed by atoms with Crippen molar-refractivity contribution in [2.24, 2.45) is 0 Å². The number of aromatic hydroxyl groups is 1. The number of benzene rings is 1. The molecule has 7 heteroatoms. The molecule has 0 heterocycles. The maximum absolute atomic E-state index is 10.9. The van der Waals surface area contributed by atoms with Gasteiger partial charge in [0.2, 0.25) is 0 Å². The molecule has 1 aromatic carbocycles. The summed E-state index contributed by atoms with van der Waals surface area (Å²) in [5.74, 6) is 0.231. The van der Waals surface area contributed by atoms with Gasteiger partial charge in [-0.05, 0) is 46.6 Å². The number of hydrogen-bond donors (Lipinski definition) is 4. The Hall–Kier alpha value is -0.910. The second-order valence-corrected chi connectivity index (χ2v) is 8.86.